The van der Waals surface area contributed by atoms with E-state index in [9.17, 15) is 4.79 Å². The number of nitrogen functional groups attached to an aromatic ring is 1. The van der Waals surface area contributed by atoms with Crippen LogP contribution >= 0.6 is 0 Å². The van der Waals surface area contributed by atoms with Crippen molar-refractivity contribution in [2.75, 3.05) is 12.3 Å². The largest absolute Gasteiger partial charge is 0.379 e. The molecule has 6 heteroatoms. The molecule has 0 spiro atoms. The summed E-state index contributed by atoms with van der Waals surface area (Å²) in [6.45, 7) is 6.33. The van der Waals surface area contributed by atoms with Crippen molar-refractivity contribution in [3.8, 4) is 0 Å². The summed E-state index contributed by atoms with van der Waals surface area (Å²) in [7, 11) is 0. The average Bonchev–Trinajstić information content (AvgIpc) is 2.51. The molecular formula is C8H14N4O2. The van der Waals surface area contributed by atoms with E-state index in [1.807, 2.05) is 20.8 Å². The fraction of sp³-hybridized carbons (Fsp3) is 0.625. The van der Waals surface area contributed by atoms with E-state index in [0.717, 1.165) is 0 Å². The number of rotatable bonds is 3. The molecular weight excluding hydrogens is 184 g/mol. The van der Waals surface area contributed by atoms with Crippen molar-refractivity contribution in [3.63, 3.8) is 0 Å². The fourth-order valence-electron chi connectivity index (χ4n) is 1.22. The van der Waals surface area contributed by atoms with E-state index < -0.39 is 0 Å². The van der Waals surface area contributed by atoms with Crippen molar-refractivity contribution in [2.24, 2.45) is 0 Å². The lowest BCUT2D eigenvalue weighted by molar-refractivity contribution is 0.0706. The minimum Gasteiger partial charge on any atom is -0.379 e. The van der Waals surface area contributed by atoms with Crippen LogP contribution in [0, 0.1) is 0 Å². The Labute approximate surface area is 82.0 Å². The van der Waals surface area contributed by atoms with Gasteiger partial charge >= 0.3 is 0 Å². The van der Waals surface area contributed by atoms with E-state index >= 15 is 0 Å². The molecule has 14 heavy (non-hydrogen) atoms. The molecule has 1 aromatic heterocycles. The van der Waals surface area contributed by atoms with Crippen molar-refractivity contribution in [1.29, 1.82) is 0 Å². The number of amides is 1. The Bertz CT molecular complexity index is 321. The van der Waals surface area contributed by atoms with E-state index in [4.69, 9.17) is 5.73 Å². The van der Waals surface area contributed by atoms with Crippen LogP contribution in [0.4, 0.5) is 5.82 Å². The van der Waals surface area contributed by atoms with Crippen molar-refractivity contribution in [3.05, 3.63) is 5.69 Å². The molecule has 2 N–H and O–H groups in total. The Morgan fingerprint density at radius 1 is 1.57 bits per heavy atom. The lowest BCUT2D eigenvalue weighted by atomic mass is 10.2. The molecule has 0 aliphatic heterocycles. The maximum Gasteiger partial charge on any atom is 0.280 e. The van der Waals surface area contributed by atoms with Crippen LogP contribution < -0.4 is 5.73 Å². The first-order valence-electron chi connectivity index (χ1n) is 4.47. The summed E-state index contributed by atoms with van der Waals surface area (Å²) in [5.41, 5.74) is 5.50. The van der Waals surface area contributed by atoms with Gasteiger partial charge in [-0.25, -0.2) is 4.63 Å². The summed E-state index contributed by atoms with van der Waals surface area (Å²) >= 11 is 0. The zero-order chi connectivity index (χ0) is 10.7. The number of hydrogen-bond donors (Lipinski definition) is 1. The third-order valence-electron chi connectivity index (χ3n) is 1.94. The van der Waals surface area contributed by atoms with Gasteiger partial charge in [0.15, 0.2) is 0 Å². The molecule has 1 heterocycles. The third-order valence-corrected chi connectivity index (χ3v) is 1.94. The highest BCUT2D eigenvalue weighted by Crippen LogP contribution is 2.10. The van der Waals surface area contributed by atoms with Crippen molar-refractivity contribution in [1.82, 2.24) is 15.2 Å². The SMILES string of the molecule is CCN(C(=O)c1nonc1N)C(C)C. The Balaban J connectivity index is 2.89. The second kappa shape index (κ2) is 4.08. The Kier molecular flexibility index (Phi) is 3.06. The highest BCUT2D eigenvalue weighted by atomic mass is 16.6. The van der Waals surface area contributed by atoms with E-state index in [0.29, 0.717) is 6.54 Å². The molecule has 0 aliphatic carbocycles. The summed E-state index contributed by atoms with van der Waals surface area (Å²) < 4.78 is 4.37. The van der Waals surface area contributed by atoms with Crippen LogP contribution in [0.15, 0.2) is 4.63 Å². The van der Waals surface area contributed by atoms with E-state index in [-0.39, 0.29) is 23.5 Å². The quantitative estimate of drug-likeness (QED) is 0.765. The summed E-state index contributed by atoms with van der Waals surface area (Å²) in [5, 5.41) is 6.82. The van der Waals surface area contributed by atoms with Gasteiger partial charge in [-0.1, -0.05) is 0 Å². The van der Waals surface area contributed by atoms with Gasteiger partial charge in [-0.05, 0) is 31.1 Å². The van der Waals surface area contributed by atoms with Gasteiger partial charge in [-0.15, -0.1) is 0 Å². The van der Waals surface area contributed by atoms with Gasteiger partial charge in [0.2, 0.25) is 11.5 Å². The summed E-state index contributed by atoms with van der Waals surface area (Å²) in [6, 6.07) is 0.101. The Morgan fingerprint density at radius 3 is 2.57 bits per heavy atom. The first-order chi connectivity index (χ1) is 6.57. The molecule has 0 aromatic carbocycles. The predicted molar refractivity (Wildman–Crippen MR) is 50.6 cm³/mol. The minimum atomic E-state index is -0.249. The Morgan fingerprint density at radius 2 is 2.21 bits per heavy atom. The van der Waals surface area contributed by atoms with E-state index in [2.05, 4.69) is 14.9 Å². The molecule has 0 fully saturated rings. The molecule has 0 radical (unpaired) electrons. The van der Waals surface area contributed by atoms with Crippen LogP contribution in [0.3, 0.4) is 0 Å². The van der Waals surface area contributed by atoms with Crippen molar-refractivity contribution in [2.45, 2.75) is 26.8 Å². The number of anilines is 1. The number of nitrogens with two attached hydrogens (primary N) is 1. The summed E-state index contributed by atoms with van der Waals surface area (Å²) in [5.74, 6) is -0.213. The molecule has 1 rings (SSSR count). The zero-order valence-electron chi connectivity index (χ0n) is 8.52. The normalized spacial score (nSPS) is 10.6. The first kappa shape index (κ1) is 10.5. The Hall–Kier alpha value is -1.59. The predicted octanol–water partition coefficient (Wildman–Crippen LogP) is 0.522. The van der Waals surface area contributed by atoms with Crippen LogP contribution in [0.25, 0.3) is 0 Å². The van der Waals surface area contributed by atoms with Crippen molar-refractivity contribution >= 4 is 11.7 Å². The lowest BCUT2D eigenvalue weighted by Crippen LogP contribution is -2.37. The topological polar surface area (TPSA) is 85.2 Å². The second-order valence-electron chi connectivity index (χ2n) is 3.18. The van der Waals surface area contributed by atoms with Crippen LogP contribution in [-0.4, -0.2) is 33.7 Å². The monoisotopic (exact) mass is 198 g/mol. The molecule has 0 aliphatic rings. The van der Waals surface area contributed by atoms with Gasteiger partial charge in [-0.2, -0.15) is 0 Å². The number of carbonyl (C=O) groups is 1. The molecule has 1 aromatic rings. The minimum absolute atomic E-state index is 0.0362. The molecule has 1 amide bonds. The first-order valence-corrected chi connectivity index (χ1v) is 4.47. The molecule has 0 saturated heterocycles. The van der Waals surface area contributed by atoms with Gasteiger partial charge in [0.25, 0.3) is 5.91 Å². The third kappa shape index (κ3) is 1.84. The van der Waals surface area contributed by atoms with Crippen LogP contribution in [0.2, 0.25) is 0 Å². The smallest absolute Gasteiger partial charge is 0.280 e. The van der Waals surface area contributed by atoms with Crippen molar-refractivity contribution < 1.29 is 9.42 Å². The van der Waals surface area contributed by atoms with Gasteiger partial charge in [-0.3, -0.25) is 4.79 Å². The summed E-state index contributed by atoms with van der Waals surface area (Å²) in [6.07, 6.45) is 0. The van der Waals surface area contributed by atoms with E-state index in [1.165, 1.54) is 0 Å². The highest BCUT2D eigenvalue weighted by Gasteiger charge is 2.23. The number of aromatic nitrogens is 2. The van der Waals surface area contributed by atoms with Crippen LogP contribution in [0.1, 0.15) is 31.3 Å². The van der Waals surface area contributed by atoms with Gasteiger partial charge in [0.05, 0.1) is 0 Å². The van der Waals surface area contributed by atoms with Crippen LogP contribution in [-0.2, 0) is 0 Å². The van der Waals surface area contributed by atoms with Crippen LogP contribution in [0.5, 0.6) is 0 Å². The molecule has 0 unspecified atom stereocenters. The summed E-state index contributed by atoms with van der Waals surface area (Å²) in [4.78, 5) is 13.4. The highest BCUT2D eigenvalue weighted by molar-refractivity contribution is 5.96. The molecule has 0 atom stereocenters. The number of hydrogen-bond acceptors (Lipinski definition) is 5. The maximum absolute atomic E-state index is 11.8. The number of carbonyl (C=O) groups excluding carboxylic acids is 1. The molecule has 6 nitrogen and oxygen atoms in total. The fourth-order valence-corrected chi connectivity index (χ4v) is 1.22. The number of nitrogens with zero attached hydrogens (tertiary/aromatic N) is 3. The zero-order valence-corrected chi connectivity index (χ0v) is 8.52. The van der Waals surface area contributed by atoms with Gasteiger partial charge in [0.1, 0.15) is 0 Å². The standard InChI is InChI=1S/C8H14N4O2/c1-4-12(5(2)3)8(13)6-7(9)11-14-10-6/h5H,4H2,1-3H3,(H2,9,11). The lowest BCUT2D eigenvalue weighted by Gasteiger charge is -2.23. The molecule has 78 valence electrons. The molecule has 0 bridgehead atoms. The second-order valence-corrected chi connectivity index (χ2v) is 3.18. The maximum atomic E-state index is 11.8. The van der Waals surface area contributed by atoms with Gasteiger partial charge in [0, 0.05) is 12.6 Å². The van der Waals surface area contributed by atoms with E-state index in [1.54, 1.807) is 4.90 Å². The molecule has 0 saturated carbocycles. The average molecular weight is 198 g/mol. The van der Waals surface area contributed by atoms with Gasteiger partial charge < -0.3 is 10.6 Å².